The van der Waals surface area contributed by atoms with Gasteiger partial charge in [-0.3, -0.25) is 14.5 Å². The highest BCUT2D eigenvalue weighted by Crippen LogP contribution is 2.28. The van der Waals surface area contributed by atoms with E-state index in [4.69, 9.17) is 21.7 Å². The van der Waals surface area contributed by atoms with Gasteiger partial charge >= 0.3 is 6.09 Å². The first-order valence-electron chi connectivity index (χ1n) is 11.8. The van der Waals surface area contributed by atoms with Crippen LogP contribution in [-0.2, 0) is 14.3 Å². The van der Waals surface area contributed by atoms with Gasteiger partial charge in [-0.15, -0.1) is 0 Å². The number of amides is 3. The molecule has 37 heavy (non-hydrogen) atoms. The average Bonchev–Trinajstić information content (AvgIpc) is 3.27. The topological polar surface area (TPSA) is 103 Å². The lowest BCUT2D eigenvalue weighted by Crippen LogP contribution is -2.49. The minimum absolute atomic E-state index is 0.118. The molecular weight excluding hydrogens is 501 g/mol. The first-order valence-corrected chi connectivity index (χ1v) is 12.2. The van der Waals surface area contributed by atoms with Gasteiger partial charge in [0.05, 0.1) is 31.6 Å². The monoisotopic (exact) mass is 529 g/mol. The van der Waals surface area contributed by atoms with Gasteiger partial charge in [0, 0.05) is 44.4 Å². The van der Waals surface area contributed by atoms with Crippen molar-refractivity contribution in [1.29, 1.82) is 0 Å². The molecule has 12 heteroatoms. The van der Waals surface area contributed by atoms with Crippen molar-refractivity contribution in [2.75, 3.05) is 61.5 Å². The Kier molecular flexibility index (Phi) is 8.07. The quantitative estimate of drug-likeness (QED) is 0.551. The maximum Gasteiger partial charge on any atom is 0.414 e. The number of carbonyl (C=O) groups is 3. The normalized spacial score (nSPS) is 17.3. The van der Waals surface area contributed by atoms with Crippen LogP contribution in [0, 0.1) is 5.82 Å². The number of benzene rings is 2. The van der Waals surface area contributed by atoms with Gasteiger partial charge in [0.1, 0.15) is 11.9 Å². The third-order valence-corrected chi connectivity index (χ3v) is 6.45. The highest BCUT2D eigenvalue weighted by molar-refractivity contribution is 7.80. The number of nitrogens with zero attached hydrogens (tertiary/aromatic N) is 3. The van der Waals surface area contributed by atoms with Crippen LogP contribution in [0.15, 0.2) is 42.5 Å². The number of halogens is 1. The molecule has 0 saturated carbocycles. The van der Waals surface area contributed by atoms with Crippen LogP contribution in [0.25, 0.3) is 0 Å². The van der Waals surface area contributed by atoms with Crippen LogP contribution in [-0.4, -0.2) is 80.5 Å². The third-order valence-electron chi connectivity index (χ3n) is 6.14. The van der Waals surface area contributed by atoms with E-state index in [9.17, 15) is 14.4 Å². The Morgan fingerprint density at radius 3 is 2.46 bits per heavy atom. The number of hydrogen-bond donors (Lipinski definition) is 2. The lowest BCUT2D eigenvalue weighted by atomic mass is 10.1. The van der Waals surface area contributed by atoms with E-state index in [-0.39, 0.29) is 30.1 Å². The molecule has 2 aliphatic rings. The smallest absolute Gasteiger partial charge is 0.414 e. The van der Waals surface area contributed by atoms with Crippen LogP contribution in [0.4, 0.5) is 26.2 Å². The number of carbonyl (C=O) groups excluding carboxylic acids is 3. The summed E-state index contributed by atoms with van der Waals surface area (Å²) in [6.45, 7) is 3.76. The summed E-state index contributed by atoms with van der Waals surface area (Å²) in [6, 6.07) is 11.4. The second kappa shape index (κ2) is 11.4. The summed E-state index contributed by atoms with van der Waals surface area (Å²) in [5.41, 5.74) is 1.96. The van der Waals surface area contributed by atoms with Gasteiger partial charge in [-0.05, 0) is 54.7 Å². The molecule has 0 spiro atoms. The molecule has 196 valence electrons. The van der Waals surface area contributed by atoms with E-state index in [2.05, 4.69) is 10.6 Å². The molecule has 0 aromatic heterocycles. The SMILES string of the molecule is COC(=S)NC[C@H]1CN(c2ccc(N3CCN(C(=O)c4ccc(NC(C)=O)cc4)CC3)c(F)c2)C(=O)O1. The average molecular weight is 530 g/mol. The lowest BCUT2D eigenvalue weighted by Gasteiger charge is -2.36. The molecule has 2 aromatic rings. The summed E-state index contributed by atoms with van der Waals surface area (Å²) in [5, 5.41) is 5.71. The minimum Gasteiger partial charge on any atom is -0.474 e. The van der Waals surface area contributed by atoms with Crippen LogP contribution >= 0.6 is 12.2 Å². The van der Waals surface area contributed by atoms with Gasteiger partial charge in [-0.2, -0.15) is 0 Å². The van der Waals surface area contributed by atoms with Crippen molar-refractivity contribution in [3.63, 3.8) is 0 Å². The Morgan fingerprint density at radius 2 is 1.84 bits per heavy atom. The number of anilines is 3. The molecule has 2 aromatic carbocycles. The zero-order valence-electron chi connectivity index (χ0n) is 20.5. The van der Waals surface area contributed by atoms with Crippen molar-refractivity contribution >= 4 is 52.4 Å². The van der Waals surface area contributed by atoms with Gasteiger partial charge in [0.15, 0.2) is 0 Å². The second-order valence-electron chi connectivity index (χ2n) is 8.66. The van der Waals surface area contributed by atoms with Crippen LogP contribution in [0.5, 0.6) is 0 Å². The molecule has 2 saturated heterocycles. The molecule has 4 rings (SSSR count). The fourth-order valence-electron chi connectivity index (χ4n) is 4.26. The van der Waals surface area contributed by atoms with Gasteiger partial charge in [-0.1, -0.05) is 0 Å². The molecule has 1 atom stereocenters. The van der Waals surface area contributed by atoms with Crippen molar-refractivity contribution in [3.05, 3.63) is 53.8 Å². The maximum atomic E-state index is 15.1. The Hall–Kier alpha value is -3.93. The molecule has 2 fully saturated rings. The second-order valence-corrected chi connectivity index (χ2v) is 9.03. The van der Waals surface area contributed by atoms with Crippen molar-refractivity contribution in [2.24, 2.45) is 0 Å². The van der Waals surface area contributed by atoms with E-state index < -0.39 is 18.0 Å². The molecule has 10 nitrogen and oxygen atoms in total. The summed E-state index contributed by atoms with van der Waals surface area (Å²) in [4.78, 5) is 41.3. The Labute approximate surface area is 219 Å². The molecule has 2 heterocycles. The van der Waals surface area contributed by atoms with Crippen molar-refractivity contribution in [2.45, 2.75) is 13.0 Å². The Bertz CT molecular complexity index is 1190. The molecule has 0 unspecified atom stereocenters. The molecule has 2 N–H and O–H groups in total. The Balaban J connectivity index is 1.33. The number of piperazine rings is 1. The minimum atomic E-state index is -0.556. The number of cyclic esters (lactones) is 1. The van der Waals surface area contributed by atoms with E-state index in [1.165, 1.54) is 25.0 Å². The number of nitrogens with one attached hydrogen (secondary N) is 2. The number of rotatable bonds is 6. The van der Waals surface area contributed by atoms with E-state index in [1.807, 2.05) is 4.90 Å². The summed E-state index contributed by atoms with van der Waals surface area (Å²) in [7, 11) is 1.44. The van der Waals surface area contributed by atoms with Crippen LogP contribution in [0.3, 0.4) is 0 Å². The van der Waals surface area contributed by atoms with Gasteiger partial charge in [-0.25, -0.2) is 9.18 Å². The molecule has 2 aliphatic heterocycles. The maximum absolute atomic E-state index is 15.1. The van der Waals surface area contributed by atoms with E-state index >= 15 is 4.39 Å². The zero-order chi connectivity index (χ0) is 26.5. The van der Waals surface area contributed by atoms with Crippen LogP contribution in [0.1, 0.15) is 17.3 Å². The van der Waals surface area contributed by atoms with Gasteiger partial charge in [0.25, 0.3) is 11.1 Å². The standard InChI is InChI=1S/C25H28FN5O5S/c1-16(32)28-18-5-3-17(4-6-18)23(33)30-11-9-29(10-12-30)22-8-7-19(13-21(22)26)31-15-20(36-25(31)34)14-27-24(37)35-2/h3-8,13,20H,9-12,14-15H2,1-2H3,(H,27,37)(H,28,32)/t20-/m0/s1. The summed E-state index contributed by atoms with van der Waals surface area (Å²) >= 11 is 4.92. The summed E-state index contributed by atoms with van der Waals surface area (Å²) in [5.74, 6) is -0.756. The predicted molar refractivity (Wildman–Crippen MR) is 140 cm³/mol. The highest BCUT2D eigenvalue weighted by Gasteiger charge is 2.33. The van der Waals surface area contributed by atoms with E-state index in [1.54, 1.807) is 41.3 Å². The molecule has 0 bridgehead atoms. The summed E-state index contributed by atoms with van der Waals surface area (Å²) < 4.78 is 25.3. The van der Waals surface area contributed by atoms with Crippen molar-refractivity contribution in [1.82, 2.24) is 10.2 Å². The molecule has 0 radical (unpaired) electrons. The highest BCUT2D eigenvalue weighted by atomic mass is 32.1. The van der Waals surface area contributed by atoms with Crippen molar-refractivity contribution in [3.8, 4) is 0 Å². The first kappa shape index (κ1) is 26.1. The van der Waals surface area contributed by atoms with Gasteiger partial charge < -0.3 is 29.9 Å². The molecule has 3 amide bonds. The summed E-state index contributed by atoms with van der Waals surface area (Å²) in [6.07, 6.45) is -1.00. The Morgan fingerprint density at radius 1 is 1.14 bits per heavy atom. The van der Waals surface area contributed by atoms with Crippen molar-refractivity contribution < 1.29 is 28.2 Å². The lowest BCUT2D eigenvalue weighted by molar-refractivity contribution is -0.114. The van der Waals surface area contributed by atoms with E-state index in [0.717, 1.165) is 0 Å². The van der Waals surface area contributed by atoms with E-state index in [0.29, 0.717) is 48.8 Å². The first-order chi connectivity index (χ1) is 17.7. The fourth-order valence-corrected chi connectivity index (χ4v) is 4.34. The largest absolute Gasteiger partial charge is 0.474 e. The number of thiocarbonyl (C=S) groups is 1. The molecule has 0 aliphatic carbocycles. The number of hydrogen-bond acceptors (Lipinski definition) is 7. The van der Waals surface area contributed by atoms with Crippen LogP contribution < -0.4 is 20.4 Å². The predicted octanol–water partition coefficient (Wildman–Crippen LogP) is 2.59. The third kappa shape index (κ3) is 6.26. The number of ether oxygens (including phenoxy) is 2. The zero-order valence-corrected chi connectivity index (χ0v) is 21.3. The number of methoxy groups -OCH3 is 1. The molecular formula is C25H28FN5O5S. The fraction of sp³-hybridized carbons (Fsp3) is 0.360. The van der Waals surface area contributed by atoms with Gasteiger partial charge in [0.2, 0.25) is 5.91 Å². The van der Waals surface area contributed by atoms with Crippen LogP contribution in [0.2, 0.25) is 0 Å².